The topological polar surface area (TPSA) is 58.6 Å². The maximum atomic E-state index is 11.8. The van der Waals surface area contributed by atoms with Gasteiger partial charge >= 0.3 is 0 Å². The Morgan fingerprint density at radius 2 is 2.11 bits per heavy atom. The molecule has 0 spiro atoms. The maximum absolute atomic E-state index is 11.8. The van der Waals surface area contributed by atoms with E-state index in [0.717, 1.165) is 12.8 Å². The zero-order valence-corrected chi connectivity index (χ0v) is 11.2. The van der Waals surface area contributed by atoms with E-state index in [2.05, 4.69) is 5.32 Å². The molecule has 1 aromatic rings. The molecular weight excluding hydrogens is 268 g/mol. The third kappa shape index (κ3) is 3.68. The van der Waals surface area contributed by atoms with Crippen LogP contribution >= 0.6 is 11.6 Å². The number of hydrogen-bond acceptors (Lipinski definition) is 3. The molecule has 2 amide bonds. The fraction of sp³-hybridized carbons (Fsp3) is 0.385. The van der Waals surface area contributed by atoms with Gasteiger partial charge in [-0.15, -0.1) is 0 Å². The van der Waals surface area contributed by atoms with Crippen LogP contribution in [-0.2, 0) is 9.63 Å². The minimum absolute atomic E-state index is 0.0932. The van der Waals surface area contributed by atoms with E-state index in [0.29, 0.717) is 23.7 Å². The average Bonchev–Trinajstić information content (AvgIpc) is 2.46. The summed E-state index contributed by atoms with van der Waals surface area (Å²) in [5.74, 6) is -0.615. The molecule has 2 rings (SSSR count). The summed E-state index contributed by atoms with van der Waals surface area (Å²) in [5, 5.41) is 4.21. The number of nitrogens with one attached hydrogen (secondary N) is 1. The van der Waals surface area contributed by atoms with Gasteiger partial charge in [0.15, 0.2) is 0 Å². The van der Waals surface area contributed by atoms with Gasteiger partial charge in [0.2, 0.25) is 0 Å². The monoisotopic (exact) mass is 282 g/mol. The first-order chi connectivity index (χ1) is 9.18. The highest BCUT2D eigenvalue weighted by Crippen LogP contribution is 2.14. The van der Waals surface area contributed by atoms with Crippen molar-refractivity contribution in [2.24, 2.45) is 0 Å². The lowest BCUT2D eigenvalue weighted by atomic mass is 10.2. The van der Waals surface area contributed by atoms with Crippen LogP contribution in [0.4, 0.5) is 0 Å². The number of carbonyl (C=O) groups is 2. The van der Waals surface area contributed by atoms with Crippen molar-refractivity contribution in [2.45, 2.75) is 12.8 Å². The SMILES string of the molecule is O=C(NCC(=O)N1CCCCO1)c1ccccc1Cl. The molecule has 102 valence electrons. The minimum atomic E-state index is -0.365. The van der Waals surface area contributed by atoms with Gasteiger partial charge in [0.25, 0.3) is 11.8 Å². The predicted molar refractivity (Wildman–Crippen MR) is 70.7 cm³/mol. The van der Waals surface area contributed by atoms with Gasteiger partial charge in [0, 0.05) is 6.54 Å². The van der Waals surface area contributed by atoms with Gasteiger partial charge in [-0.1, -0.05) is 23.7 Å². The van der Waals surface area contributed by atoms with Crippen molar-refractivity contribution in [1.29, 1.82) is 0 Å². The van der Waals surface area contributed by atoms with Crippen LogP contribution in [0.2, 0.25) is 5.02 Å². The van der Waals surface area contributed by atoms with Crippen molar-refractivity contribution in [2.75, 3.05) is 19.7 Å². The molecule has 0 aromatic heterocycles. The van der Waals surface area contributed by atoms with Crippen LogP contribution in [-0.4, -0.2) is 36.6 Å². The largest absolute Gasteiger partial charge is 0.343 e. The number of carbonyl (C=O) groups excluding carboxylic acids is 2. The summed E-state index contributed by atoms with van der Waals surface area (Å²) in [5.41, 5.74) is 0.358. The van der Waals surface area contributed by atoms with Crippen molar-refractivity contribution in [3.05, 3.63) is 34.9 Å². The quantitative estimate of drug-likeness (QED) is 0.916. The summed E-state index contributed by atoms with van der Waals surface area (Å²) in [6.07, 6.45) is 1.87. The lowest BCUT2D eigenvalue weighted by Gasteiger charge is -2.25. The molecule has 1 N–H and O–H groups in total. The predicted octanol–water partition coefficient (Wildman–Crippen LogP) is 1.62. The van der Waals surface area contributed by atoms with Crippen molar-refractivity contribution >= 4 is 23.4 Å². The van der Waals surface area contributed by atoms with Crippen LogP contribution in [0.25, 0.3) is 0 Å². The van der Waals surface area contributed by atoms with E-state index >= 15 is 0 Å². The number of rotatable bonds is 3. The third-order valence-electron chi connectivity index (χ3n) is 2.80. The van der Waals surface area contributed by atoms with Crippen molar-refractivity contribution < 1.29 is 14.4 Å². The van der Waals surface area contributed by atoms with Crippen LogP contribution in [0.15, 0.2) is 24.3 Å². The first kappa shape index (κ1) is 13.8. The number of nitrogens with zero attached hydrogens (tertiary/aromatic N) is 1. The molecule has 0 unspecified atom stereocenters. The molecule has 0 saturated carbocycles. The Balaban J connectivity index is 1.86. The smallest absolute Gasteiger partial charge is 0.265 e. The molecule has 1 saturated heterocycles. The Morgan fingerprint density at radius 1 is 1.32 bits per heavy atom. The standard InChI is InChI=1S/C13H15ClN2O3/c14-11-6-2-1-5-10(11)13(18)15-9-12(17)16-7-3-4-8-19-16/h1-2,5-6H,3-4,7-9H2,(H,15,18). The van der Waals surface area contributed by atoms with E-state index in [4.69, 9.17) is 16.4 Å². The van der Waals surface area contributed by atoms with Gasteiger partial charge < -0.3 is 5.32 Å². The Labute approximate surface area is 116 Å². The van der Waals surface area contributed by atoms with Gasteiger partial charge in [0.05, 0.1) is 23.7 Å². The number of halogens is 1. The molecule has 1 fully saturated rings. The van der Waals surface area contributed by atoms with E-state index in [9.17, 15) is 9.59 Å². The molecule has 19 heavy (non-hydrogen) atoms. The Morgan fingerprint density at radius 3 is 2.79 bits per heavy atom. The maximum Gasteiger partial charge on any atom is 0.265 e. The molecule has 5 nitrogen and oxygen atoms in total. The van der Waals surface area contributed by atoms with Crippen LogP contribution < -0.4 is 5.32 Å². The molecule has 1 aromatic carbocycles. The first-order valence-electron chi connectivity index (χ1n) is 6.14. The van der Waals surface area contributed by atoms with Crippen molar-refractivity contribution in [3.63, 3.8) is 0 Å². The van der Waals surface area contributed by atoms with Crippen LogP contribution in [0, 0.1) is 0 Å². The van der Waals surface area contributed by atoms with Crippen molar-refractivity contribution in [3.8, 4) is 0 Å². The number of hydrogen-bond donors (Lipinski definition) is 1. The molecule has 0 aliphatic carbocycles. The van der Waals surface area contributed by atoms with E-state index in [1.807, 2.05) is 0 Å². The summed E-state index contributed by atoms with van der Waals surface area (Å²) in [6.45, 7) is 1.02. The first-order valence-corrected chi connectivity index (χ1v) is 6.52. The minimum Gasteiger partial charge on any atom is -0.343 e. The Kier molecular flexibility index (Phi) is 4.76. The highest BCUT2D eigenvalue weighted by molar-refractivity contribution is 6.33. The van der Waals surface area contributed by atoms with Crippen LogP contribution in [0.1, 0.15) is 23.2 Å². The number of amides is 2. The van der Waals surface area contributed by atoms with E-state index < -0.39 is 0 Å². The molecule has 0 atom stereocenters. The highest BCUT2D eigenvalue weighted by Gasteiger charge is 2.18. The molecular formula is C13H15ClN2O3. The second kappa shape index (κ2) is 6.54. The number of hydroxylamine groups is 2. The second-order valence-corrected chi connectivity index (χ2v) is 4.61. The van der Waals surface area contributed by atoms with Gasteiger partial charge in [-0.05, 0) is 25.0 Å². The molecule has 0 radical (unpaired) electrons. The van der Waals surface area contributed by atoms with Crippen LogP contribution in [0.5, 0.6) is 0 Å². The summed E-state index contributed by atoms with van der Waals surface area (Å²) in [6, 6.07) is 6.70. The fourth-order valence-corrected chi connectivity index (χ4v) is 2.00. The zero-order chi connectivity index (χ0) is 13.7. The van der Waals surface area contributed by atoms with Crippen LogP contribution in [0.3, 0.4) is 0 Å². The van der Waals surface area contributed by atoms with Gasteiger partial charge in [-0.25, -0.2) is 5.06 Å². The summed E-state index contributed by atoms with van der Waals surface area (Å²) < 4.78 is 0. The van der Waals surface area contributed by atoms with E-state index in [1.54, 1.807) is 24.3 Å². The molecule has 0 bridgehead atoms. The second-order valence-electron chi connectivity index (χ2n) is 4.20. The summed E-state index contributed by atoms with van der Waals surface area (Å²) in [7, 11) is 0. The summed E-state index contributed by atoms with van der Waals surface area (Å²) in [4.78, 5) is 28.8. The van der Waals surface area contributed by atoms with E-state index in [-0.39, 0.29) is 18.4 Å². The Bertz CT molecular complexity index is 473. The normalized spacial score (nSPS) is 15.1. The third-order valence-corrected chi connectivity index (χ3v) is 3.13. The van der Waals surface area contributed by atoms with Gasteiger partial charge in [-0.2, -0.15) is 0 Å². The fourth-order valence-electron chi connectivity index (χ4n) is 1.78. The van der Waals surface area contributed by atoms with E-state index in [1.165, 1.54) is 5.06 Å². The molecule has 6 heteroatoms. The Hall–Kier alpha value is -1.59. The lowest BCUT2D eigenvalue weighted by Crippen LogP contribution is -2.42. The highest BCUT2D eigenvalue weighted by atomic mass is 35.5. The number of benzene rings is 1. The molecule has 1 aliphatic heterocycles. The van der Waals surface area contributed by atoms with Gasteiger partial charge in [0.1, 0.15) is 0 Å². The average molecular weight is 283 g/mol. The van der Waals surface area contributed by atoms with Crippen molar-refractivity contribution in [1.82, 2.24) is 10.4 Å². The van der Waals surface area contributed by atoms with Gasteiger partial charge in [-0.3, -0.25) is 14.4 Å². The molecule has 1 heterocycles. The molecule has 1 aliphatic rings. The lowest BCUT2D eigenvalue weighted by molar-refractivity contribution is -0.195. The summed E-state index contributed by atoms with van der Waals surface area (Å²) >= 11 is 5.90. The zero-order valence-electron chi connectivity index (χ0n) is 10.4.